The first kappa shape index (κ1) is 18.3. The lowest BCUT2D eigenvalue weighted by Crippen LogP contribution is -2.28. The summed E-state index contributed by atoms with van der Waals surface area (Å²) in [5.74, 6) is -1.29. The van der Waals surface area contributed by atoms with Crippen molar-refractivity contribution in [2.75, 3.05) is 7.11 Å². The third-order valence-electron chi connectivity index (χ3n) is 3.16. The number of non-ortho nitro benzene ring substituents is 1. The molecule has 0 aliphatic rings. The Hall–Kier alpha value is -3.00. The van der Waals surface area contributed by atoms with Gasteiger partial charge < -0.3 is 10.1 Å². The molecule has 2 rings (SSSR count). The second-order valence-corrected chi connectivity index (χ2v) is 5.69. The molecule has 7 nitrogen and oxygen atoms in total. The van der Waals surface area contributed by atoms with E-state index in [0.29, 0.717) is 15.6 Å². The van der Waals surface area contributed by atoms with Crippen molar-refractivity contribution in [3.63, 3.8) is 0 Å². The van der Waals surface area contributed by atoms with E-state index in [-0.39, 0.29) is 11.4 Å². The first-order chi connectivity index (χ1) is 11.9. The highest BCUT2D eigenvalue weighted by Crippen LogP contribution is 2.18. The summed E-state index contributed by atoms with van der Waals surface area (Å²) in [5, 5.41) is 13.3. The number of methoxy groups -OCH3 is 1. The Balaban J connectivity index is 2.35. The number of hydrogen-bond acceptors (Lipinski definition) is 5. The quantitative estimate of drug-likeness (QED) is 0.356. The van der Waals surface area contributed by atoms with Crippen LogP contribution in [0.3, 0.4) is 0 Å². The Morgan fingerprint density at radius 3 is 2.56 bits per heavy atom. The summed E-state index contributed by atoms with van der Waals surface area (Å²) in [6, 6.07) is 12.4. The lowest BCUT2D eigenvalue weighted by molar-refractivity contribution is -0.384. The van der Waals surface area contributed by atoms with Gasteiger partial charge in [-0.3, -0.25) is 14.9 Å². The molecule has 2 aromatic carbocycles. The first-order valence-electron chi connectivity index (χ1n) is 7.02. The van der Waals surface area contributed by atoms with E-state index in [1.165, 1.54) is 31.4 Å². The van der Waals surface area contributed by atoms with Gasteiger partial charge in [-0.25, -0.2) is 4.79 Å². The minimum Gasteiger partial charge on any atom is -0.464 e. The lowest BCUT2D eigenvalue weighted by Gasteiger charge is -2.09. The molecule has 0 saturated heterocycles. The molecule has 0 aromatic heterocycles. The van der Waals surface area contributed by atoms with Crippen LogP contribution in [0.4, 0.5) is 5.69 Å². The molecule has 128 valence electrons. The summed E-state index contributed by atoms with van der Waals surface area (Å²) in [7, 11) is 1.17. The van der Waals surface area contributed by atoms with E-state index in [4.69, 9.17) is 0 Å². The summed E-state index contributed by atoms with van der Waals surface area (Å²) >= 11 is 3.26. The number of hydrogen-bond donors (Lipinski definition) is 1. The van der Waals surface area contributed by atoms with Gasteiger partial charge in [-0.1, -0.05) is 24.3 Å². The highest BCUT2D eigenvalue weighted by atomic mass is 79.9. The van der Waals surface area contributed by atoms with Gasteiger partial charge >= 0.3 is 5.97 Å². The van der Waals surface area contributed by atoms with Crippen LogP contribution >= 0.6 is 15.9 Å². The Kier molecular flexibility index (Phi) is 6.02. The van der Waals surface area contributed by atoms with Crippen LogP contribution in [-0.2, 0) is 9.53 Å². The molecule has 0 aliphatic carbocycles. The van der Waals surface area contributed by atoms with Gasteiger partial charge in [-0.05, 0) is 39.7 Å². The van der Waals surface area contributed by atoms with Crippen LogP contribution in [0.2, 0.25) is 0 Å². The maximum Gasteiger partial charge on any atom is 0.354 e. The molecule has 1 N–H and O–H groups in total. The summed E-state index contributed by atoms with van der Waals surface area (Å²) in [4.78, 5) is 34.6. The van der Waals surface area contributed by atoms with E-state index in [9.17, 15) is 19.7 Å². The number of carbonyl (C=O) groups is 2. The Labute approximate surface area is 151 Å². The molecule has 0 bridgehead atoms. The van der Waals surface area contributed by atoms with Crippen molar-refractivity contribution < 1.29 is 19.2 Å². The number of amides is 1. The number of nitrogens with one attached hydrogen (secondary N) is 1. The Morgan fingerprint density at radius 2 is 1.92 bits per heavy atom. The zero-order chi connectivity index (χ0) is 18.4. The van der Waals surface area contributed by atoms with Gasteiger partial charge in [0, 0.05) is 16.6 Å². The average Bonchev–Trinajstić information content (AvgIpc) is 2.61. The molecule has 0 saturated carbocycles. The van der Waals surface area contributed by atoms with Gasteiger partial charge in [-0.2, -0.15) is 0 Å². The summed E-state index contributed by atoms with van der Waals surface area (Å²) in [6.45, 7) is 0. The maximum absolute atomic E-state index is 12.4. The predicted molar refractivity (Wildman–Crippen MR) is 94.7 cm³/mol. The van der Waals surface area contributed by atoms with Gasteiger partial charge in [0.2, 0.25) is 0 Å². The van der Waals surface area contributed by atoms with E-state index in [0.717, 1.165) is 0 Å². The van der Waals surface area contributed by atoms with Crippen LogP contribution in [-0.4, -0.2) is 23.9 Å². The van der Waals surface area contributed by atoms with E-state index in [1.807, 2.05) is 0 Å². The third-order valence-corrected chi connectivity index (χ3v) is 3.86. The molecular formula is C17H13BrN2O5. The van der Waals surface area contributed by atoms with E-state index >= 15 is 0 Å². The minimum absolute atomic E-state index is 0.130. The van der Waals surface area contributed by atoms with E-state index in [1.54, 1.807) is 30.3 Å². The molecule has 0 fully saturated rings. The maximum atomic E-state index is 12.4. The molecule has 1 amide bonds. The molecular weight excluding hydrogens is 392 g/mol. The Bertz CT molecular complexity index is 864. The van der Waals surface area contributed by atoms with Crippen molar-refractivity contribution in [2.45, 2.75) is 0 Å². The van der Waals surface area contributed by atoms with Crippen molar-refractivity contribution in [1.82, 2.24) is 5.32 Å². The van der Waals surface area contributed by atoms with Crippen LogP contribution in [0.1, 0.15) is 15.9 Å². The largest absolute Gasteiger partial charge is 0.464 e. The summed E-state index contributed by atoms with van der Waals surface area (Å²) in [6.07, 6.45) is 1.31. The van der Waals surface area contributed by atoms with E-state index in [2.05, 4.69) is 26.0 Å². The zero-order valence-electron chi connectivity index (χ0n) is 13.1. The average molecular weight is 405 g/mol. The molecule has 0 aliphatic heterocycles. The van der Waals surface area contributed by atoms with Gasteiger partial charge in [-0.15, -0.1) is 0 Å². The van der Waals surface area contributed by atoms with E-state index < -0.39 is 16.8 Å². The molecule has 0 radical (unpaired) electrons. The van der Waals surface area contributed by atoms with Gasteiger partial charge in [0.05, 0.1) is 17.6 Å². The monoisotopic (exact) mass is 404 g/mol. The first-order valence-corrected chi connectivity index (χ1v) is 7.82. The smallest absolute Gasteiger partial charge is 0.354 e. The minimum atomic E-state index is -0.771. The number of nitro benzene ring substituents is 1. The number of halogens is 1. The Morgan fingerprint density at radius 1 is 1.20 bits per heavy atom. The number of ether oxygens (including phenoxy) is 1. The summed E-state index contributed by atoms with van der Waals surface area (Å²) in [5.41, 5.74) is 0.442. The third kappa shape index (κ3) is 4.74. The fourth-order valence-electron chi connectivity index (χ4n) is 1.99. The second kappa shape index (κ2) is 8.20. The summed E-state index contributed by atoms with van der Waals surface area (Å²) < 4.78 is 5.22. The van der Waals surface area contributed by atoms with Crippen LogP contribution in [0.15, 0.2) is 58.7 Å². The predicted octanol–water partition coefficient (Wildman–Crippen LogP) is 3.30. The number of rotatable bonds is 5. The van der Waals surface area contributed by atoms with Gasteiger partial charge in [0.1, 0.15) is 5.70 Å². The van der Waals surface area contributed by atoms with Crippen LogP contribution in [0.5, 0.6) is 0 Å². The van der Waals surface area contributed by atoms with Crippen molar-refractivity contribution in [3.05, 3.63) is 79.9 Å². The number of nitro groups is 1. The van der Waals surface area contributed by atoms with Crippen molar-refractivity contribution in [1.29, 1.82) is 0 Å². The van der Waals surface area contributed by atoms with Crippen molar-refractivity contribution in [3.8, 4) is 0 Å². The van der Waals surface area contributed by atoms with Gasteiger partial charge in [0.15, 0.2) is 0 Å². The molecule has 8 heteroatoms. The standard InChI is InChI=1S/C17H13BrN2O5/c1-25-17(22)15(10-11-5-4-6-12(9-11)20(23)24)19-16(21)13-7-2-3-8-14(13)18/h2-10H,1H3,(H,19,21)/b15-10-. The molecule has 0 unspecified atom stereocenters. The zero-order valence-corrected chi connectivity index (χ0v) is 14.6. The normalized spacial score (nSPS) is 10.9. The topological polar surface area (TPSA) is 98.5 Å². The van der Waals surface area contributed by atoms with Crippen molar-refractivity contribution in [2.24, 2.45) is 0 Å². The molecule has 2 aromatic rings. The fourth-order valence-corrected chi connectivity index (χ4v) is 2.45. The van der Waals surface area contributed by atoms with Crippen LogP contribution < -0.4 is 5.32 Å². The lowest BCUT2D eigenvalue weighted by atomic mass is 10.1. The number of esters is 1. The fraction of sp³-hybridized carbons (Fsp3) is 0.0588. The van der Waals surface area contributed by atoms with Crippen LogP contribution in [0, 0.1) is 10.1 Å². The number of nitrogens with zero attached hydrogens (tertiary/aromatic N) is 1. The highest BCUT2D eigenvalue weighted by Gasteiger charge is 2.17. The number of carbonyl (C=O) groups excluding carboxylic acids is 2. The molecule has 0 atom stereocenters. The number of benzene rings is 2. The van der Waals surface area contributed by atoms with Crippen LogP contribution in [0.25, 0.3) is 6.08 Å². The molecule has 25 heavy (non-hydrogen) atoms. The van der Waals surface area contributed by atoms with Crippen molar-refractivity contribution >= 4 is 39.6 Å². The van der Waals surface area contributed by atoms with Gasteiger partial charge in [0.25, 0.3) is 11.6 Å². The highest BCUT2D eigenvalue weighted by molar-refractivity contribution is 9.10. The molecule has 0 heterocycles. The molecule has 0 spiro atoms. The SMILES string of the molecule is COC(=O)/C(=C/c1cccc([N+](=O)[O-])c1)NC(=O)c1ccccc1Br. The second-order valence-electron chi connectivity index (χ2n) is 4.84.